The van der Waals surface area contributed by atoms with Crippen molar-refractivity contribution in [3.63, 3.8) is 0 Å². The molecule has 0 aliphatic heterocycles. The van der Waals surface area contributed by atoms with Crippen molar-refractivity contribution in [2.24, 2.45) is 11.3 Å². The van der Waals surface area contributed by atoms with Crippen molar-refractivity contribution >= 4 is 11.9 Å². The van der Waals surface area contributed by atoms with E-state index >= 15 is 0 Å². The van der Waals surface area contributed by atoms with E-state index in [1.807, 2.05) is 20.8 Å². The van der Waals surface area contributed by atoms with Crippen LogP contribution in [0.3, 0.4) is 0 Å². The number of hydrogen-bond acceptors (Lipinski definition) is 5. The third-order valence-corrected chi connectivity index (χ3v) is 2.45. The van der Waals surface area contributed by atoms with E-state index in [-0.39, 0.29) is 24.4 Å². The van der Waals surface area contributed by atoms with Crippen LogP contribution in [0, 0.1) is 11.3 Å². The molecule has 1 rings (SSSR count). The van der Waals surface area contributed by atoms with Crippen LogP contribution in [0.4, 0.5) is 0 Å². The molecular formula is C11H19N5O3. The van der Waals surface area contributed by atoms with Gasteiger partial charge in [0.05, 0.1) is 5.92 Å². The van der Waals surface area contributed by atoms with Crippen molar-refractivity contribution in [2.45, 2.75) is 33.7 Å². The highest BCUT2D eigenvalue weighted by molar-refractivity contribution is 5.77. The Morgan fingerprint density at radius 1 is 1.42 bits per heavy atom. The van der Waals surface area contributed by atoms with Crippen LogP contribution in [0.15, 0.2) is 6.33 Å². The lowest BCUT2D eigenvalue weighted by molar-refractivity contribution is -0.142. The molecule has 1 atom stereocenters. The minimum absolute atomic E-state index is 0.0190. The van der Waals surface area contributed by atoms with Crippen molar-refractivity contribution in [3.8, 4) is 0 Å². The quantitative estimate of drug-likeness (QED) is 0.747. The van der Waals surface area contributed by atoms with Gasteiger partial charge in [-0.3, -0.25) is 9.59 Å². The van der Waals surface area contributed by atoms with Gasteiger partial charge in [-0.2, -0.15) is 0 Å². The third kappa shape index (κ3) is 5.94. The fourth-order valence-electron chi connectivity index (χ4n) is 1.68. The van der Waals surface area contributed by atoms with Crippen molar-refractivity contribution in [2.75, 3.05) is 6.54 Å². The molecule has 0 aliphatic rings. The second kappa shape index (κ2) is 6.26. The second-order valence-electron chi connectivity index (χ2n) is 5.61. The molecule has 1 unspecified atom stereocenters. The summed E-state index contributed by atoms with van der Waals surface area (Å²) >= 11 is 0. The molecule has 106 valence electrons. The Hall–Kier alpha value is -1.99. The van der Waals surface area contributed by atoms with Gasteiger partial charge in [0.25, 0.3) is 0 Å². The van der Waals surface area contributed by atoms with Gasteiger partial charge in [-0.15, -0.1) is 5.10 Å². The SMILES string of the molecule is CC(C)(C)CC(CNC(=O)Cn1cnnn1)C(=O)O. The molecular weight excluding hydrogens is 250 g/mol. The van der Waals surface area contributed by atoms with Gasteiger partial charge in [-0.1, -0.05) is 20.8 Å². The Bertz CT molecular complexity index is 424. The fourth-order valence-corrected chi connectivity index (χ4v) is 1.68. The van der Waals surface area contributed by atoms with Gasteiger partial charge in [0.2, 0.25) is 5.91 Å². The molecule has 8 nitrogen and oxygen atoms in total. The van der Waals surface area contributed by atoms with Crippen LogP contribution in [0.25, 0.3) is 0 Å². The highest BCUT2D eigenvalue weighted by Crippen LogP contribution is 2.24. The average Bonchev–Trinajstić information content (AvgIpc) is 2.75. The molecule has 0 saturated carbocycles. The second-order valence-corrected chi connectivity index (χ2v) is 5.61. The summed E-state index contributed by atoms with van der Waals surface area (Å²) in [5, 5.41) is 22.1. The number of hydrogen-bond donors (Lipinski definition) is 2. The minimum Gasteiger partial charge on any atom is -0.481 e. The largest absolute Gasteiger partial charge is 0.481 e. The smallest absolute Gasteiger partial charge is 0.308 e. The van der Waals surface area contributed by atoms with Gasteiger partial charge in [-0.05, 0) is 22.3 Å². The first-order chi connectivity index (χ1) is 8.78. The summed E-state index contributed by atoms with van der Waals surface area (Å²) in [6.45, 7) is 5.98. The maximum atomic E-state index is 11.6. The summed E-state index contributed by atoms with van der Waals surface area (Å²) in [7, 11) is 0. The standard InChI is InChI=1S/C11H19N5O3/c1-11(2,3)4-8(10(18)19)5-12-9(17)6-16-7-13-14-15-16/h7-8H,4-6H2,1-3H3,(H,12,17)(H,18,19). The number of carbonyl (C=O) groups excluding carboxylic acids is 1. The summed E-state index contributed by atoms with van der Waals surface area (Å²) in [6, 6.07) is 0. The van der Waals surface area contributed by atoms with Gasteiger partial charge in [0.15, 0.2) is 0 Å². The molecule has 0 aliphatic carbocycles. The van der Waals surface area contributed by atoms with E-state index in [4.69, 9.17) is 5.11 Å². The monoisotopic (exact) mass is 269 g/mol. The zero-order valence-electron chi connectivity index (χ0n) is 11.3. The number of nitrogens with zero attached hydrogens (tertiary/aromatic N) is 4. The molecule has 0 aromatic carbocycles. The van der Waals surface area contributed by atoms with Gasteiger partial charge in [0.1, 0.15) is 12.9 Å². The number of aromatic nitrogens is 4. The predicted molar refractivity (Wildman–Crippen MR) is 66.0 cm³/mol. The first-order valence-electron chi connectivity index (χ1n) is 5.98. The molecule has 1 aromatic heterocycles. The summed E-state index contributed by atoms with van der Waals surface area (Å²) in [6.07, 6.45) is 1.82. The van der Waals surface area contributed by atoms with Crippen molar-refractivity contribution in [3.05, 3.63) is 6.33 Å². The maximum absolute atomic E-state index is 11.6. The Labute approximate surface area is 111 Å². The fraction of sp³-hybridized carbons (Fsp3) is 0.727. The van der Waals surface area contributed by atoms with E-state index in [0.29, 0.717) is 6.42 Å². The predicted octanol–water partition coefficient (Wildman–Crippen LogP) is -0.0737. The van der Waals surface area contributed by atoms with Crippen molar-refractivity contribution in [1.29, 1.82) is 0 Å². The van der Waals surface area contributed by atoms with Crippen LogP contribution in [0.5, 0.6) is 0 Å². The zero-order chi connectivity index (χ0) is 14.5. The molecule has 8 heteroatoms. The first-order valence-corrected chi connectivity index (χ1v) is 5.98. The van der Waals surface area contributed by atoms with Crippen LogP contribution in [0.1, 0.15) is 27.2 Å². The number of tetrazole rings is 1. The molecule has 0 fully saturated rings. The van der Waals surface area contributed by atoms with Crippen LogP contribution < -0.4 is 5.32 Å². The van der Waals surface area contributed by atoms with Crippen LogP contribution in [0.2, 0.25) is 0 Å². The lowest BCUT2D eigenvalue weighted by Gasteiger charge is -2.23. The molecule has 1 aromatic rings. The lowest BCUT2D eigenvalue weighted by atomic mass is 9.84. The van der Waals surface area contributed by atoms with E-state index in [1.165, 1.54) is 11.0 Å². The summed E-state index contributed by atoms with van der Waals surface area (Å²) in [5.41, 5.74) is -0.108. The molecule has 0 radical (unpaired) electrons. The topological polar surface area (TPSA) is 110 Å². The van der Waals surface area contributed by atoms with E-state index in [9.17, 15) is 9.59 Å². The Balaban J connectivity index is 2.43. The highest BCUT2D eigenvalue weighted by Gasteiger charge is 2.24. The van der Waals surface area contributed by atoms with Gasteiger partial charge < -0.3 is 10.4 Å². The van der Waals surface area contributed by atoms with Gasteiger partial charge in [-0.25, -0.2) is 4.68 Å². The number of carboxylic acid groups (broad SMARTS) is 1. The van der Waals surface area contributed by atoms with Crippen LogP contribution in [-0.4, -0.2) is 43.7 Å². The van der Waals surface area contributed by atoms with Gasteiger partial charge in [0, 0.05) is 6.54 Å². The molecule has 19 heavy (non-hydrogen) atoms. The molecule has 0 bridgehead atoms. The summed E-state index contributed by atoms with van der Waals surface area (Å²) < 4.78 is 1.27. The Morgan fingerprint density at radius 2 is 2.11 bits per heavy atom. The molecule has 0 spiro atoms. The van der Waals surface area contributed by atoms with E-state index in [1.54, 1.807) is 0 Å². The Morgan fingerprint density at radius 3 is 2.58 bits per heavy atom. The van der Waals surface area contributed by atoms with E-state index < -0.39 is 11.9 Å². The van der Waals surface area contributed by atoms with Crippen LogP contribution in [-0.2, 0) is 16.1 Å². The van der Waals surface area contributed by atoms with Gasteiger partial charge >= 0.3 is 5.97 Å². The zero-order valence-corrected chi connectivity index (χ0v) is 11.3. The van der Waals surface area contributed by atoms with Crippen LogP contribution >= 0.6 is 0 Å². The maximum Gasteiger partial charge on any atom is 0.308 e. The van der Waals surface area contributed by atoms with E-state index in [0.717, 1.165) is 0 Å². The number of carboxylic acids is 1. The first kappa shape index (κ1) is 15.1. The number of amides is 1. The van der Waals surface area contributed by atoms with E-state index in [2.05, 4.69) is 20.8 Å². The lowest BCUT2D eigenvalue weighted by Crippen LogP contribution is -2.36. The number of carbonyl (C=O) groups is 2. The van der Waals surface area contributed by atoms with Crippen molar-refractivity contribution in [1.82, 2.24) is 25.5 Å². The summed E-state index contributed by atoms with van der Waals surface area (Å²) in [4.78, 5) is 22.7. The number of aliphatic carboxylic acids is 1. The molecule has 2 N–H and O–H groups in total. The Kier molecular flexibility index (Phi) is 4.96. The van der Waals surface area contributed by atoms with Crippen molar-refractivity contribution < 1.29 is 14.7 Å². The molecule has 1 heterocycles. The average molecular weight is 269 g/mol. The third-order valence-electron chi connectivity index (χ3n) is 2.45. The minimum atomic E-state index is -0.905. The summed E-state index contributed by atoms with van der Waals surface area (Å²) in [5.74, 6) is -1.82. The number of nitrogens with one attached hydrogen (secondary N) is 1. The highest BCUT2D eigenvalue weighted by atomic mass is 16.4. The molecule has 1 amide bonds. The normalized spacial score (nSPS) is 13.0. The number of rotatable bonds is 6. The molecule has 0 saturated heterocycles.